The average molecular weight is 435 g/mol. The maximum atomic E-state index is 12.7. The molecule has 4 nitrogen and oxygen atoms in total. The minimum absolute atomic E-state index is 0.125. The number of carbonyl (C=O) groups is 2. The van der Waals surface area contributed by atoms with Gasteiger partial charge in [-0.15, -0.1) is 11.8 Å². The highest BCUT2D eigenvalue weighted by Gasteiger charge is 2.61. The number of rotatable bonds is 3. The molecular weight excluding hydrogens is 392 g/mol. The van der Waals surface area contributed by atoms with Gasteiger partial charge in [0.05, 0.1) is 5.75 Å². The summed E-state index contributed by atoms with van der Waals surface area (Å²) in [7, 11) is 2.04. The first-order valence-electron chi connectivity index (χ1n) is 12.1. The Morgan fingerprint density at radius 1 is 1.07 bits per heavy atom. The highest BCUT2D eigenvalue weighted by atomic mass is 32.2. The lowest BCUT2D eigenvalue weighted by Crippen LogP contribution is -2.62. The van der Waals surface area contributed by atoms with Gasteiger partial charge in [0.15, 0.2) is 0 Å². The van der Waals surface area contributed by atoms with Crippen LogP contribution in [-0.4, -0.2) is 46.3 Å². The van der Waals surface area contributed by atoms with Crippen LogP contribution in [0.2, 0.25) is 0 Å². The van der Waals surface area contributed by atoms with Crippen molar-refractivity contribution >= 4 is 23.6 Å². The lowest BCUT2D eigenvalue weighted by atomic mass is 9.47. The summed E-state index contributed by atoms with van der Waals surface area (Å²) in [5.74, 6) is 3.33. The standard InChI is InChI=1S/C25H42N2O2S/c1-23(2,3)30-15-21(28)26-19-9-8-17-16-7-10-20-25(5,14-12-22(29)27(20)6)18(16)11-13-24(17,19)4/h16-20H,7-15H2,1-6H3,(H,26,28)/t16-,17-,18+,19?,20?,24-,25+/m0/s1. The minimum Gasteiger partial charge on any atom is -0.352 e. The van der Waals surface area contributed by atoms with Crippen LogP contribution in [0, 0.1) is 28.6 Å². The Morgan fingerprint density at radius 3 is 2.47 bits per heavy atom. The van der Waals surface area contributed by atoms with Crippen molar-refractivity contribution in [3.8, 4) is 0 Å². The molecule has 2 unspecified atom stereocenters. The molecule has 170 valence electrons. The third kappa shape index (κ3) is 3.71. The predicted octanol–water partition coefficient (Wildman–Crippen LogP) is 4.87. The van der Waals surface area contributed by atoms with Gasteiger partial charge in [-0.3, -0.25) is 9.59 Å². The van der Waals surface area contributed by atoms with Gasteiger partial charge in [-0.25, -0.2) is 0 Å². The molecule has 1 aliphatic heterocycles. The molecule has 5 heteroatoms. The average Bonchev–Trinajstić information content (AvgIpc) is 2.99. The first kappa shape index (κ1) is 22.5. The Kier molecular flexibility index (Phi) is 5.77. The van der Waals surface area contributed by atoms with Crippen LogP contribution in [0.15, 0.2) is 0 Å². The number of carbonyl (C=O) groups excluding carboxylic acids is 2. The van der Waals surface area contributed by atoms with Crippen molar-refractivity contribution in [1.29, 1.82) is 0 Å². The van der Waals surface area contributed by atoms with Crippen LogP contribution in [0.5, 0.6) is 0 Å². The van der Waals surface area contributed by atoms with Gasteiger partial charge in [-0.2, -0.15) is 0 Å². The quantitative estimate of drug-likeness (QED) is 0.690. The monoisotopic (exact) mass is 434 g/mol. The summed E-state index contributed by atoms with van der Waals surface area (Å²) in [6.07, 6.45) is 9.06. The van der Waals surface area contributed by atoms with E-state index in [0.717, 1.165) is 43.4 Å². The van der Waals surface area contributed by atoms with E-state index in [2.05, 4.69) is 44.8 Å². The molecule has 3 saturated carbocycles. The topological polar surface area (TPSA) is 49.4 Å². The van der Waals surface area contributed by atoms with E-state index in [0.29, 0.717) is 23.7 Å². The molecule has 4 aliphatic rings. The molecule has 0 spiro atoms. The molecule has 0 aromatic heterocycles. The van der Waals surface area contributed by atoms with Gasteiger partial charge < -0.3 is 10.2 Å². The third-order valence-electron chi connectivity index (χ3n) is 9.53. The lowest BCUT2D eigenvalue weighted by Gasteiger charge is -2.61. The van der Waals surface area contributed by atoms with E-state index in [9.17, 15) is 9.59 Å². The van der Waals surface area contributed by atoms with E-state index < -0.39 is 0 Å². The lowest BCUT2D eigenvalue weighted by molar-refractivity contribution is -0.157. The maximum absolute atomic E-state index is 12.7. The highest BCUT2D eigenvalue weighted by molar-refractivity contribution is 8.01. The van der Waals surface area contributed by atoms with Crippen molar-refractivity contribution in [2.45, 2.75) is 103 Å². The van der Waals surface area contributed by atoms with Gasteiger partial charge in [0.25, 0.3) is 0 Å². The normalized spacial score (nSPS) is 43.6. The molecular formula is C25H42N2O2S. The van der Waals surface area contributed by atoms with Crippen LogP contribution < -0.4 is 5.32 Å². The van der Waals surface area contributed by atoms with Crippen LogP contribution >= 0.6 is 11.8 Å². The number of nitrogens with zero attached hydrogens (tertiary/aromatic N) is 1. The summed E-state index contributed by atoms with van der Waals surface area (Å²) in [5.41, 5.74) is 0.514. The summed E-state index contributed by atoms with van der Waals surface area (Å²) < 4.78 is 0.125. The van der Waals surface area contributed by atoms with Gasteiger partial charge in [-0.1, -0.05) is 34.6 Å². The molecule has 1 N–H and O–H groups in total. The molecule has 0 aromatic rings. The largest absolute Gasteiger partial charge is 0.352 e. The second kappa shape index (κ2) is 7.71. The number of fused-ring (bicyclic) bond motifs is 5. The third-order valence-corrected chi connectivity index (χ3v) is 10.8. The molecule has 7 atom stereocenters. The predicted molar refractivity (Wildman–Crippen MR) is 124 cm³/mol. The fourth-order valence-electron chi connectivity index (χ4n) is 7.91. The van der Waals surface area contributed by atoms with Gasteiger partial charge in [0.1, 0.15) is 0 Å². The number of hydrogen-bond acceptors (Lipinski definition) is 3. The summed E-state index contributed by atoms with van der Waals surface area (Å²) in [6.45, 7) is 11.5. The van der Waals surface area contributed by atoms with Crippen molar-refractivity contribution in [3.63, 3.8) is 0 Å². The summed E-state index contributed by atoms with van der Waals surface area (Å²) >= 11 is 1.74. The molecule has 1 heterocycles. The van der Waals surface area contributed by atoms with E-state index in [-0.39, 0.29) is 21.5 Å². The molecule has 0 bridgehead atoms. The zero-order chi connectivity index (χ0) is 21.9. The van der Waals surface area contributed by atoms with E-state index in [1.54, 1.807) is 11.8 Å². The number of amides is 2. The molecule has 3 aliphatic carbocycles. The van der Waals surface area contributed by atoms with Crippen molar-refractivity contribution < 1.29 is 9.59 Å². The molecule has 30 heavy (non-hydrogen) atoms. The first-order chi connectivity index (χ1) is 14.0. The number of nitrogens with one attached hydrogen (secondary N) is 1. The molecule has 0 radical (unpaired) electrons. The summed E-state index contributed by atoms with van der Waals surface area (Å²) in [6, 6.07) is 0.758. The fraction of sp³-hybridized carbons (Fsp3) is 0.920. The van der Waals surface area contributed by atoms with E-state index in [4.69, 9.17) is 0 Å². The van der Waals surface area contributed by atoms with Crippen molar-refractivity contribution in [3.05, 3.63) is 0 Å². The van der Waals surface area contributed by atoms with Crippen LogP contribution in [0.3, 0.4) is 0 Å². The first-order valence-corrected chi connectivity index (χ1v) is 13.1. The number of piperidine rings is 1. The number of likely N-dealkylation sites (tertiary alicyclic amines) is 1. The second-order valence-corrected chi connectivity index (χ2v) is 13.9. The Hall–Kier alpha value is -0.710. The molecule has 2 amide bonds. The van der Waals surface area contributed by atoms with Crippen LogP contribution in [0.1, 0.15) is 86.0 Å². The molecule has 1 saturated heterocycles. The Morgan fingerprint density at radius 2 is 1.77 bits per heavy atom. The molecule has 4 rings (SSSR count). The Labute approximate surface area is 187 Å². The van der Waals surface area contributed by atoms with E-state index >= 15 is 0 Å². The Balaban J connectivity index is 1.46. The summed E-state index contributed by atoms with van der Waals surface area (Å²) in [5, 5.41) is 3.45. The van der Waals surface area contributed by atoms with Crippen molar-refractivity contribution in [2.24, 2.45) is 28.6 Å². The van der Waals surface area contributed by atoms with Gasteiger partial charge >= 0.3 is 0 Å². The smallest absolute Gasteiger partial charge is 0.230 e. The van der Waals surface area contributed by atoms with Gasteiger partial charge in [0.2, 0.25) is 11.8 Å². The molecule has 4 fully saturated rings. The zero-order valence-corrected chi connectivity index (χ0v) is 20.7. The van der Waals surface area contributed by atoms with Crippen LogP contribution in [0.25, 0.3) is 0 Å². The van der Waals surface area contributed by atoms with Gasteiger partial charge in [-0.05, 0) is 73.5 Å². The number of thioether (sulfide) groups is 1. The van der Waals surface area contributed by atoms with E-state index in [1.165, 1.54) is 25.7 Å². The van der Waals surface area contributed by atoms with E-state index in [1.807, 2.05) is 7.05 Å². The molecule has 0 aromatic carbocycles. The minimum atomic E-state index is 0.125. The van der Waals surface area contributed by atoms with Crippen molar-refractivity contribution in [1.82, 2.24) is 10.2 Å². The van der Waals surface area contributed by atoms with Crippen molar-refractivity contribution in [2.75, 3.05) is 12.8 Å². The van der Waals surface area contributed by atoms with Crippen LogP contribution in [-0.2, 0) is 9.59 Å². The highest BCUT2D eigenvalue weighted by Crippen LogP contribution is 2.64. The number of hydrogen-bond donors (Lipinski definition) is 1. The Bertz CT molecular complexity index is 704. The summed E-state index contributed by atoms with van der Waals surface area (Å²) in [4.78, 5) is 27.1. The fourth-order valence-corrected chi connectivity index (χ4v) is 8.55. The SMILES string of the molecule is CN1C(=O)CC[C@@]2(C)C1CC[C@@H]1[C@H]2CC[C@]2(C)C(NC(=O)CSC(C)(C)C)CC[C@@H]12. The van der Waals surface area contributed by atoms with Crippen LogP contribution in [0.4, 0.5) is 0 Å². The van der Waals surface area contributed by atoms with Gasteiger partial charge in [0, 0.05) is 30.3 Å². The zero-order valence-electron chi connectivity index (χ0n) is 19.9. The second-order valence-electron chi connectivity index (χ2n) is 12.1. The maximum Gasteiger partial charge on any atom is 0.230 e.